The van der Waals surface area contributed by atoms with E-state index in [1.54, 1.807) is 0 Å². The second kappa shape index (κ2) is 11.3. The molecule has 2 aliphatic rings. The highest BCUT2D eigenvalue weighted by molar-refractivity contribution is 5.79. The normalized spacial score (nSPS) is 20.4. The second-order valence-electron chi connectivity index (χ2n) is 8.42. The van der Waals surface area contributed by atoms with Crippen LogP contribution in [0.2, 0.25) is 0 Å². The van der Waals surface area contributed by atoms with Gasteiger partial charge in [-0.1, -0.05) is 42.5 Å². The van der Waals surface area contributed by atoms with Gasteiger partial charge in [0, 0.05) is 38.8 Å². The Morgan fingerprint density at radius 3 is 2.52 bits per heavy atom. The van der Waals surface area contributed by atoms with Crippen LogP contribution in [0.5, 0.6) is 5.75 Å². The van der Waals surface area contributed by atoms with Crippen molar-refractivity contribution in [1.29, 1.82) is 0 Å². The van der Waals surface area contributed by atoms with Crippen molar-refractivity contribution >= 4 is 5.91 Å². The molecule has 2 aromatic rings. The van der Waals surface area contributed by atoms with Crippen molar-refractivity contribution in [2.45, 2.75) is 25.4 Å². The molecule has 2 aliphatic heterocycles. The summed E-state index contributed by atoms with van der Waals surface area (Å²) in [7, 11) is 0. The van der Waals surface area contributed by atoms with Gasteiger partial charge in [0.1, 0.15) is 5.75 Å². The Morgan fingerprint density at radius 1 is 0.968 bits per heavy atom. The zero-order valence-electron chi connectivity index (χ0n) is 18.2. The Kier molecular flexibility index (Phi) is 7.93. The highest BCUT2D eigenvalue weighted by atomic mass is 16.5. The van der Waals surface area contributed by atoms with E-state index in [4.69, 9.17) is 9.47 Å². The van der Waals surface area contributed by atoms with Crippen molar-refractivity contribution in [1.82, 2.24) is 15.1 Å². The van der Waals surface area contributed by atoms with Crippen LogP contribution in [0.4, 0.5) is 0 Å². The van der Waals surface area contributed by atoms with Crippen molar-refractivity contribution in [2.24, 2.45) is 0 Å². The number of amides is 1. The van der Waals surface area contributed by atoms with Crippen LogP contribution in [0.15, 0.2) is 54.6 Å². The first-order chi connectivity index (χ1) is 15.2. The number of morpholine rings is 1. The van der Waals surface area contributed by atoms with Gasteiger partial charge in [0.15, 0.2) is 0 Å². The molecular formula is C25H33N3O3. The van der Waals surface area contributed by atoms with Crippen LogP contribution < -0.4 is 10.1 Å². The molecule has 6 nitrogen and oxygen atoms in total. The molecule has 2 fully saturated rings. The number of benzene rings is 2. The Hall–Kier alpha value is -2.41. The smallest absolute Gasteiger partial charge is 0.234 e. The van der Waals surface area contributed by atoms with Gasteiger partial charge in [-0.15, -0.1) is 0 Å². The highest BCUT2D eigenvalue weighted by Crippen LogP contribution is 2.16. The van der Waals surface area contributed by atoms with Gasteiger partial charge in [-0.2, -0.15) is 0 Å². The molecule has 0 saturated carbocycles. The lowest BCUT2D eigenvalue weighted by atomic mass is 10.0. The first kappa shape index (κ1) is 21.8. The maximum Gasteiger partial charge on any atom is 0.234 e. The third-order valence-corrected chi connectivity index (χ3v) is 5.86. The molecule has 31 heavy (non-hydrogen) atoms. The van der Waals surface area contributed by atoms with E-state index >= 15 is 0 Å². The molecule has 0 unspecified atom stereocenters. The standard InChI is InChI=1S/C25H33N3O3/c29-25-20-28(19-23(26-25)17-21-5-2-1-3-6-21)18-22-7-9-24(10-8-22)31-14-4-11-27-12-15-30-16-13-27/h1-3,5-10,23H,4,11-20H2,(H,26,29)/t23-/m0/s1. The predicted molar refractivity (Wildman–Crippen MR) is 121 cm³/mol. The lowest BCUT2D eigenvalue weighted by Crippen LogP contribution is -2.54. The summed E-state index contributed by atoms with van der Waals surface area (Å²) in [4.78, 5) is 16.8. The number of piperazine rings is 1. The first-order valence-electron chi connectivity index (χ1n) is 11.3. The summed E-state index contributed by atoms with van der Waals surface area (Å²) in [6, 6.07) is 18.8. The molecule has 2 saturated heterocycles. The summed E-state index contributed by atoms with van der Waals surface area (Å²) in [6.07, 6.45) is 1.88. The lowest BCUT2D eigenvalue weighted by Gasteiger charge is -2.33. The van der Waals surface area contributed by atoms with Gasteiger partial charge in [-0.25, -0.2) is 0 Å². The van der Waals surface area contributed by atoms with Crippen LogP contribution in [0, 0.1) is 0 Å². The molecule has 1 atom stereocenters. The van der Waals surface area contributed by atoms with Gasteiger partial charge in [0.2, 0.25) is 5.91 Å². The number of hydrogen-bond donors (Lipinski definition) is 1. The van der Waals surface area contributed by atoms with Crippen LogP contribution in [0.25, 0.3) is 0 Å². The molecule has 6 heteroatoms. The molecule has 1 amide bonds. The molecule has 2 aromatic carbocycles. The summed E-state index contributed by atoms with van der Waals surface area (Å²) in [5, 5.41) is 3.13. The highest BCUT2D eigenvalue weighted by Gasteiger charge is 2.24. The minimum absolute atomic E-state index is 0.104. The van der Waals surface area contributed by atoms with Crippen molar-refractivity contribution in [3.8, 4) is 5.75 Å². The largest absolute Gasteiger partial charge is 0.494 e. The SMILES string of the molecule is O=C1CN(Cc2ccc(OCCCN3CCOCC3)cc2)C[C@H](Cc2ccccc2)N1. The van der Waals surface area contributed by atoms with Crippen LogP contribution in [-0.4, -0.2) is 74.3 Å². The monoisotopic (exact) mass is 423 g/mol. The minimum Gasteiger partial charge on any atom is -0.494 e. The lowest BCUT2D eigenvalue weighted by molar-refractivity contribution is -0.125. The van der Waals surface area contributed by atoms with Gasteiger partial charge >= 0.3 is 0 Å². The molecule has 0 aromatic heterocycles. The van der Waals surface area contributed by atoms with Crippen molar-refractivity contribution in [3.05, 3.63) is 65.7 Å². The predicted octanol–water partition coefficient (Wildman–Crippen LogP) is 2.33. The van der Waals surface area contributed by atoms with Gasteiger partial charge in [-0.3, -0.25) is 14.6 Å². The van der Waals surface area contributed by atoms with E-state index in [2.05, 4.69) is 39.4 Å². The summed E-state index contributed by atoms with van der Waals surface area (Å²) in [5.74, 6) is 1.01. The molecule has 166 valence electrons. The maximum atomic E-state index is 12.2. The second-order valence-corrected chi connectivity index (χ2v) is 8.42. The zero-order chi connectivity index (χ0) is 21.3. The quantitative estimate of drug-likeness (QED) is 0.628. The van der Waals surface area contributed by atoms with E-state index in [9.17, 15) is 4.79 Å². The van der Waals surface area contributed by atoms with Crippen LogP contribution >= 0.6 is 0 Å². The molecule has 0 aliphatic carbocycles. The maximum absolute atomic E-state index is 12.2. The molecule has 0 radical (unpaired) electrons. The number of ether oxygens (including phenoxy) is 2. The summed E-state index contributed by atoms with van der Waals surface area (Å²) in [6.45, 7) is 7.60. The van der Waals surface area contributed by atoms with E-state index in [1.807, 2.05) is 30.3 Å². The van der Waals surface area contributed by atoms with Crippen LogP contribution in [0.3, 0.4) is 0 Å². The fourth-order valence-corrected chi connectivity index (χ4v) is 4.29. The third-order valence-electron chi connectivity index (χ3n) is 5.86. The molecule has 4 rings (SSSR count). The van der Waals surface area contributed by atoms with E-state index in [1.165, 1.54) is 11.1 Å². The fraction of sp³-hybridized carbons (Fsp3) is 0.480. The third kappa shape index (κ3) is 7.06. The molecule has 0 spiro atoms. The zero-order valence-corrected chi connectivity index (χ0v) is 18.2. The van der Waals surface area contributed by atoms with Crippen molar-refractivity contribution in [3.63, 3.8) is 0 Å². The topological polar surface area (TPSA) is 54.0 Å². The summed E-state index contributed by atoms with van der Waals surface area (Å²) < 4.78 is 11.3. The fourth-order valence-electron chi connectivity index (χ4n) is 4.29. The number of hydrogen-bond acceptors (Lipinski definition) is 5. The molecular weight excluding hydrogens is 390 g/mol. The Morgan fingerprint density at radius 2 is 1.74 bits per heavy atom. The van der Waals surface area contributed by atoms with Gasteiger partial charge < -0.3 is 14.8 Å². The molecule has 2 heterocycles. The average Bonchev–Trinajstić information content (AvgIpc) is 2.79. The van der Waals surface area contributed by atoms with Gasteiger partial charge in [-0.05, 0) is 36.1 Å². The Bertz CT molecular complexity index is 807. The van der Waals surface area contributed by atoms with Crippen molar-refractivity contribution < 1.29 is 14.3 Å². The molecule has 1 N–H and O–H groups in total. The average molecular weight is 424 g/mol. The van der Waals surface area contributed by atoms with E-state index < -0.39 is 0 Å². The molecule has 0 bridgehead atoms. The summed E-state index contributed by atoms with van der Waals surface area (Å²) in [5.41, 5.74) is 2.46. The van der Waals surface area contributed by atoms with E-state index in [-0.39, 0.29) is 11.9 Å². The first-order valence-corrected chi connectivity index (χ1v) is 11.3. The number of nitrogens with one attached hydrogen (secondary N) is 1. The number of rotatable bonds is 9. The Balaban J connectivity index is 1.21. The minimum atomic E-state index is 0.104. The van der Waals surface area contributed by atoms with Crippen LogP contribution in [-0.2, 0) is 22.5 Å². The number of carbonyl (C=O) groups excluding carboxylic acids is 1. The van der Waals surface area contributed by atoms with Gasteiger partial charge in [0.25, 0.3) is 0 Å². The van der Waals surface area contributed by atoms with Crippen molar-refractivity contribution in [2.75, 3.05) is 52.5 Å². The number of nitrogens with zero attached hydrogens (tertiary/aromatic N) is 2. The van der Waals surface area contributed by atoms with E-state index in [0.717, 1.165) is 71.1 Å². The number of carbonyl (C=O) groups is 1. The summed E-state index contributed by atoms with van der Waals surface area (Å²) >= 11 is 0. The van der Waals surface area contributed by atoms with E-state index in [0.29, 0.717) is 6.54 Å². The Labute approximate surface area is 185 Å². The van der Waals surface area contributed by atoms with Gasteiger partial charge in [0.05, 0.1) is 26.4 Å². The van der Waals surface area contributed by atoms with Crippen LogP contribution in [0.1, 0.15) is 17.5 Å².